The zero-order valence-corrected chi connectivity index (χ0v) is 18.0. The molecule has 9 heteroatoms. The molecule has 2 aromatic rings. The molecule has 0 radical (unpaired) electrons. The van der Waals surface area contributed by atoms with Crippen LogP contribution in [0.1, 0.15) is 5.56 Å². The van der Waals surface area contributed by atoms with Gasteiger partial charge in [0.15, 0.2) is 0 Å². The predicted octanol–water partition coefficient (Wildman–Crippen LogP) is 3.05. The molecule has 2 atom stereocenters. The van der Waals surface area contributed by atoms with Crippen LogP contribution in [0.15, 0.2) is 48.7 Å². The van der Waals surface area contributed by atoms with Gasteiger partial charge in [-0.05, 0) is 11.6 Å². The number of carbonyl (C=O) groups excluding carboxylic acids is 1. The first kappa shape index (κ1) is 22.4. The molecule has 172 valence electrons. The number of methoxy groups -OCH3 is 1. The maximum atomic E-state index is 13.8. The van der Waals surface area contributed by atoms with E-state index in [0.29, 0.717) is 38.5 Å². The van der Waals surface area contributed by atoms with Crippen LogP contribution in [0.25, 0.3) is 0 Å². The minimum atomic E-state index is -4.40. The van der Waals surface area contributed by atoms with Crippen molar-refractivity contribution in [1.82, 2.24) is 14.8 Å². The minimum Gasteiger partial charge on any atom is -0.497 e. The molecule has 4 rings (SSSR count). The number of likely N-dealkylation sites (tertiary alicyclic amines) is 1. The minimum absolute atomic E-state index is 0.121. The van der Waals surface area contributed by atoms with Crippen LogP contribution >= 0.6 is 0 Å². The van der Waals surface area contributed by atoms with Crippen molar-refractivity contribution in [2.75, 3.05) is 51.3 Å². The van der Waals surface area contributed by atoms with Crippen LogP contribution in [0.4, 0.5) is 19.0 Å². The second-order valence-corrected chi connectivity index (χ2v) is 8.30. The number of hydrogen-bond acceptors (Lipinski definition) is 5. The zero-order chi connectivity index (χ0) is 22.7. The summed E-state index contributed by atoms with van der Waals surface area (Å²) < 4.78 is 46.6. The second-order valence-electron chi connectivity index (χ2n) is 8.30. The molecule has 1 aromatic heterocycles. The van der Waals surface area contributed by atoms with Gasteiger partial charge in [-0.3, -0.25) is 9.69 Å². The van der Waals surface area contributed by atoms with Gasteiger partial charge in [-0.15, -0.1) is 0 Å². The number of halogens is 3. The van der Waals surface area contributed by atoms with Crippen LogP contribution in [-0.4, -0.2) is 73.2 Å². The lowest BCUT2D eigenvalue weighted by Crippen LogP contribution is -2.52. The topological polar surface area (TPSA) is 48.9 Å². The van der Waals surface area contributed by atoms with Crippen molar-refractivity contribution in [3.05, 3.63) is 54.2 Å². The summed E-state index contributed by atoms with van der Waals surface area (Å²) in [6.45, 7) is 2.16. The van der Waals surface area contributed by atoms with Crippen molar-refractivity contribution >= 4 is 11.7 Å². The van der Waals surface area contributed by atoms with Gasteiger partial charge in [0.05, 0.1) is 18.9 Å². The van der Waals surface area contributed by atoms with Gasteiger partial charge >= 0.3 is 6.18 Å². The molecular formula is C23H27F3N4O2. The van der Waals surface area contributed by atoms with E-state index >= 15 is 0 Å². The molecule has 1 aromatic carbocycles. The fourth-order valence-corrected chi connectivity index (χ4v) is 4.53. The van der Waals surface area contributed by atoms with E-state index in [1.165, 1.54) is 0 Å². The number of carbonyl (C=O) groups is 1. The highest BCUT2D eigenvalue weighted by Crippen LogP contribution is 2.39. The summed E-state index contributed by atoms with van der Waals surface area (Å²) in [6, 6.07) is 13.0. The van der Waals surface area contributed by atoms with E-state index in [4.69, 9.17) is 4.74 Å². The molecule has 0 bridgehead atoms. The number of piperazine rings is 1. The van der Waals surface area contributed by atoms with Crippen molar-refractivity contribution in [3.8, 4) is 5.75 Å². The predicted molar refractivity (Wildman–Crippen MR) is 114 cm³/mol. The Kier molecular flexibility index (Phi) is 6.55. The third-order valence-corrected chi connectivity index (χ3v) is 6.25. The summed E-state index contributed by atoms with van der Waals surface area (Å²) in [5.74, 6) is -1.69. The lowest BCUT2D eigenvalue weighted by atomic mass is 9.93. The Morgan fingerprint density at radius 2 is 1.81 bits per heavy atom. The monoisotopic (exact) mass is 448 g/mol. The van der Waals surface area contributed by atoms with Crippen LogP contribution in [0.3, 0.4) is 0 Å². The highest BCUT2D eigenvalue weighted by Gasteiger charge is 2.53. The zero-order valence-electron chi connectivity index (χ0n) is 18.0. The quantitative estimate of drug-likeness (QED) is 0.704. The molecule has 3 heterocycles. The van der Waals surface area contributed by atoms with Crippen LogP contribution in [-0.2, 0) is 11.3 Å². The molecule has 0 spiro atoms. The molecule has 0 aliphatic carbocycles. The Hall–Kier alpha value is -2.81. The van der Waals surface area contributed by atoms with Crippen molar-refractivity contribution in [1.29, 1.82) is 0 Å². The largest absolute Gasteiger partial charge is 0.497 e. The van der Waals surface area contributed by atoms with Crippen LogP contribution in [0.2, 0.25) is 0 Å². The van der Waals surface area contributed by atoms with Crippen LogP contribution < -0.4 is 9.64 Å². The number of hydrogen-bond donors (Lipinski definition) is 0. The van der Waals surface area contributed by atoms with E-state index in [2.05, 4.69) is 4.98 Å². The van der Waals surface area contributed by atoms with Gasteiger partial charge < -0.3 is 14.5 Å². The van der Waals surface area contributed by atoms with Crippen molar-refractivity contribution < 1.29 is 22.7 Å². The van der Waals surface area contributed by atoms with E-state index in [-0.39, 0.29) is 13.1 Å². The molecule has 32 heavy (non-hydrogen) atoms. The number of nitrogens with zero attached hydrogens (tertiary/aromatic N) is 4. The number of amides is 1. The average molecular weight is 448 g/mol. The molecule has 2 saturated heterocycles. The van der Waals surface area contributed by atoms with Crippen molar-refractivity contribution in [3.63, 3.8) is 0 Å². The Morgan fingerprint density at radius 3 is 2.47 bits per heavy atom. The van der Waals surface area contributed by atoms with Crippen molar-refractivity contribution in [2.24, 2.45) is 11.8 Å². The maximum Gasteiger partial charge on any atom is 0.393 e. The highest BCUT2D eigenvalue weighted by atomic mass is 19.4. The van der Waals surface area contributed by atoms with Gasteiger partial charge in [0.2, 0.25) is 5.91 Å². The van der Waals surface area contributed by atoms with E-state index in [0.717, 1.165) is 11.4 Å². The second kappa shape index (κ2) is 9.36. The Balaban J connectivity index is 1.40. The van der Waals surface area contributed by atoms with E-state index in [1.807, 2.05) is 41.3 Å². The van der Waals surface area contributed by atoms with E-state index in [1.54, 1.807) is 29.2 Å². The number of pyridine rings is 1. The van der Waals surface area contributed by atoms with Crippen LogP contribution in [0, 0.1) is 11.8 Å². The number of aromatic nitrogens is 1. The molecule has 2 aliphatic heterocycles. The molecule has 1 amide bonds. The fourth-order valence-electron chi connectivity index (χ4n) is 4.53. The normalized spacial score (nSPS) is 22.2. The fraction of sp³-hybridized carbons (Fsp3) is 0.478. The van der Waals surface area contributed by atoms with Gasteiger partial charge in [-0.25, -0.2) is 4.98 Å². The van der Waals surface area contributed by atoms with E-state index < -0.39 is 23.9 Å². The summed E-state index contributed by atoms with van der Waals surface area (Å²) in [5.41, 5.74) is 0.945. The standard InChI is InChI=1S/C23H27F3N4O2/c1-32-18-7-8-27-21(13-18)29-9-11-30(12-10-29)22(31)19-15-28(16-20(19)23(24,25)26)14-17-5-3-2-4-6-17/h2-8,13,19-20H,9-12,14-16H2,1H3/t19-,20+/m1/s1. The summed E-state index contributed by atoms with van der Waals surface area (Å²) in [5, 5.41) is 0. The third kappa shape index (κ3) is 4.98. The first-order valence-electron chi connectivity index (χ1n) is 10.7. The Bertz CT molecular complexity index is 917. The molecular weight excluding hydrogens is 421 g/mol. The smallest absolute Gasteiger partial charge is 0.393 e. The van der Waals surface area contributed by atoms with Gasteiger partial charge in [0.25, 0.3) is 0 Å². The number of alkyl halides is 3. The maximum absolute atomic E-state index is 13.8. The molecule has 0 N–H and O–H groups in total. The van der Waals surface area contributed by atoms with Crippen LogP contribution in [0.5, 0.6) is 5.75 Å². The molecule has 0 saturated carbocycles. The number of rotatable bonds is 5. The summed E-state index contributed by atoms with van der Waals surface area (Å²) in [6.07, 6.45) is -2.75. The molecule has 2 aliphatic rings. The SMILES string of the molecule is COc1ccnc(N2CCN(C(=O)[C@@H]3CN(Cc4ccccc4)C[C@@H]3C(F)(F)F)CC2)c1. The Morgan fingerprint density at radius 1 is 1.09 bits per heavy atom. The average Bonchev–Trinajstić information content (AvgIpc) is 3.24. The lowest BCUT2D eigenvalue weighted by molar-refractivity contribution is -0.186. The van der Waals surface area contributed by atoms with Gasteiger partial charge in [-0.1, -0.05) is 30.3 Å². The van der Waals surface area contributed by atoms with Gasteiger partial charge in [-0.2, -0.15) is 13.2 Å². The number of benzene rings is 1. The lowest BCUT2D eigenvalue weighted by Gasteiger charge is -2.37. The third-order valence-electron chi connectivity index (χ3n) is 6.25. The summed E-state index contributed by atoms with van der Waals surface area (Å²) in [7, 11) is 1.58. The first-order chi connectivity index (χ1) is 15.3. The number of ether oxygens (including phenoxy) is 1. The van der Waals surface area contributed by atoms with Gasteiger partial charge in [0, 0.05) is 58.1 Å². The number of anilines is 1. The first-order valence-corrected chi connectivity index (χ1v) is 10.7. The van der Waals surface area contributed by atoms with E-state index in [9.17, 15) is 18.0 Å². The van der Waals surface area contributed by atoms with Crippen molar-refractivity contribution in [2.45, 2.75) is 12.7 Å². The molecule has 6 nitrogen and oxygen atoms in total. The molecule has 2 fully saturated rings. The highest BCUT2D eigenvalue weighted by molar-refractivity contribution is 5.80. The Labute approximate surface area is 185 Å². The van der Waals surface area contributed by atoms with Gasteiger partial charge in [0.1, 0.15) is 11.6 Å². The summed E-state index contributed by atoms with van der Waals surface area (Å²) in [4.78, 5) is 22.8. The molecule has 0 unspecified atom stereocenters. The summed E-state index contributed by atoms with van der Waals surface area (Å²) >= 11 is 0.